The van der Waals surface area contributed by atoms with Crippen LogP contribution in [0.5, 0.6) is 0 Å². The van der Waals surface area contributed by atoms with Gasteiger partial charge in [-0.05, 0) is 43.9 Å². The second kappa shape index (κ2) is 5.88. The Hall–Kier alpha value is -0.620. The quantitative estimate of drug-likeness (QED) is 0.824. The van der Waals surface area contributed by atoms with E-state index in [4.69, 9.17) is 0 Å². The Balaban J connectivity index is 1.89. The van der Waals surface area contributed by atoms with Crippen molar-refractivity contribution in [1.29, 1.82) is 0 Å². The number of rotatable bonds is 3. The van der Waals surface area contributed by atoms with Gasteiger partial charge < -0.3 is 10.4 Å². The minimum atomic E-state index is -3.31. The summed E-state index contributed by atoms with van der Waals surface area (Å²) in [6.07, 6.45) is 4.96. The largest absolute Gasteiger partial charge is 0.388 e. The molecular formula is C15H27NO4S. The zero-order chi connectivity index (χ0) is 15.7. The number of sulfone groups is 1. The summed E-state index contributed by atoms with van der Waals surface area (Å²) in [6, 6.07) is 0. The molecule has 21 heavy (non-hydrogen) atoms. The summed E-state index contributed by atoms with van der Waals surface area (Å²) < 4.78 is 23.8. The van der Waals surface area contributed by atoms with Gasteiger partial charge in [-0.1, -0.05) is 20.3 Å². The third-order valence-electron chi connectivity index (χ3n) is 5.00. The molecule has 1 saturated carbocycles. The fraction of sp³-hybridized carbons (Fsp3) is 0.933. The van der Waals surface area contributed by atoms with E-state index in [1.54, 1.807) is 0 Å². The summed E-state index contributed by atoms with van der Waals surface area (Å²) in [5.74, 6) is -0.336. The van der Waals surface area contributed by atoms with Gasteiger partial charge in [0.15, 0.2) is 9.84 Å². The van der Waals surface area contributed by atoms with Crippen LogP contribution in [0.25, 0.3) is 0 Å². The first-order chi connectivity index (χ1) is 9.64. The summed E-state index contributed by atoms with van der Waals surface area (Å²) in [4.78, 5) is 12.1. The van der Waals surface area contributed by atoms with E-state index in [-0.39, 0.29) is 17.7 Å². The highest BCUT2D eigenvalue weighted by molar-refractivity contribution is 7.92. The Morgan fingerprint density at radius 1 is 1.19 bits per heavy atom. The van der Waals surface area contributed by atoms with Crippen molar-refractivity contribution in [3.8, 4) is 0 Å². The summed E-state index contributed by atoms with van der Waals surface area (Å²) >= 11 is 0. The Morgan fingerprint density at radius 3 is 2.38 bits per heavy atom. The zero-order valence-electron chi connectivity index (χ0n) is 13.0. The molecule has 2 rings (SSSR count). The van der Waals surface area contributed by atoms with Crippen molar-refractivity contribution in [2.75, 3.05) is 12.3 Å². The molecule has 0 aromatic heterocycles. The minimum Gasteiger partial charge on any atom is -0.388 e. The zero-order valence-corrected chi connectivity index (χ0v) is 13.8. The number of hydrogen-bond acceptors (Lipinski definition) is 4. The van der Waals surface area contributed by atoms with Crippen LogP contribution in [0.2, 0.25) is 0 Å². The summed E-state index contributed by atoms with van der Waals surface area (Å²) in [7, 11) is -3.31. The lowest BCUT2D eigenvalue weighted by atomic mass is 9.71. The number of aliphatic hydroxyl groups is 1. The molecule has 0 radical (unpaired) electrons. The number of amides is 1. The molecule has 2 aliphatic rings. The number of nitrogens with one attached hydrogen (secondary N) is 1. The van der Waals surface area contributed by atoms with Crippen molar-refractivity contribution in [2.24, 2.45) is 5.41 Å². The maximum Gasteiger partial charge on any atom is 0.238 e. The van der Waals surface area contributed by atoms with E-state index in [1.165, 1.54) is 0 Å². The van der Waals surface area contributed by atoms with Crippen molar-refractivity contribution in [3.63, 3.8) is 0 Å². The first-order valence-corrected chi connectivity index (χ1v) is 9.57. The van der Waals surface area contributed by atoms with Crippen LogP contribution in [0, 0.1) is 5.41 Å². The van der Waals surface area contributed by atoms with Crippen molar-refractivity contribution < 1.29 is 18.3 Å². The fourth-order valence-electron chi connectivity index (χ4n) is 3.18. The second-order valence-electron chi connectivity index (χ2n) is 7.46. The lowest BCUT2D eigenvalue weighted by Crippen LogP contribution is -2.50. The summed E-state index contributed by atoms with van der Waals surface area (Å²) in [5.41, 5.74) is -0.646. The van der Waals surface area contributed by atoms with E-state index in [0.717, 1.165) is 19.3 Å². The van der Waals surface area contributed by atoms with Crippen molar-refractivity contribution in [2.45, 2.75) is 69.6 Å². The third kappa shape index (κ3) is 4.19. The van der Waals surface area contributed by atoms with Crippen molar-refractivity contribution in [3.05, 3.63) is 0 Å². The van der Waals surface area contributed by atoms with Gasteiger partial charge in [-0.3, -0.25) is 4.79 Å². The monoisotopic (exact) mass is 317 g/mol. The predicted octanol–water partition coefficient (Wildman–Crippen LogP) is 1.40. The number of hydrogen-bond donors (Lipinski definition) is 2. The second-order valence-corrected chi connectivity index (χ2v) is 9.76. The Morgan fingerprint density at radius 2 is 1.81 bits per heavy atom. The first-order valence-electron chi connectivity index (χ1n) is 7.85. The molecule has 1 atom stereocenters. The van der Waals surface area contributed by atoms with Gasteiger partial charge in [0.05, 0.1) is 11.4 Å². The molecule has 0 aromatic rings. The van der Waals surface area contributed by atoms with Crippen LogP contribution in [0.3, 0.4) is 0 Å². The maximum atomic E-state index is 12.1. The Labute approximate surface area is 127 Å². The van der Waals surface area contributed by atoms with Gasteiger partial charge in [0, 0.05) is 6.54 Å². The van der Waals surface area contributed by atoms with Gasteiger partial charge in [0.1, 0.15) is 5.25 Å². The lowest BCUT2D eigenvalue weighted by molar-refractivity contribution is -0.122. The van der Waals surface area contributed by atoms with E-state index >= 15 is 0 Å². The summed E-state index contributed by atoms with van der Waals surface area (Å²) in [6.45, 7) is 4.52. The van der Waals surface area contributed by atoms with Crippen LogP contribution in [0.15, 0.2) is 0 Å². The van der Waals surface area contributed by atoms with Crippen molar-refractivity contribution >= 4 is 15.7 Å². The minimum absolute atomic E-state index is 0.101. The molecular weight excluding hydrogens is 290 g/mol. The molecule has 2 N–H and O–H groups in total. The van der Waals surface area contributed by atoms with Gasteiger partial charge in [0.25, 0.3) is 0 Å². The SMILES string of the molecule is CC1(C)CCC(O)(CNC(=O)C2CCCCS2(=O)=O)CC1. The molecule has 5 nitrogen and oxygen atoms in total. The fourth-order valence-corrected chi connectivity index (χ4v) is 5.01. The van der Waals surface area contributed by atoms with Crippen LogP contribution in [0.1, 0.15) is 58.8 Å². The average molecular weight is 317 g/mol. The lowest BCUT2D eigenvalue weighted by Gasteiger charge is -2.40. The molecule has 1 heterocycles. The molecule has 6 heteroatoms. The summed E-state index contributed by atoms with van der Waals surface area (Å²) in [5, 5.41) is 12.3. The van der Waals surface area contributed by atoms with Gasteiger partial charge in [0.2, 0.25) is 5.91 Å². The Bertz CT molecular complexity index is 488. The topological polar surface area (TPSA) is 83.5 Å². The van der Waals surface area contributed by atoms with Gasteiger partial charge in [-0.25, -0.2) is 8.42 Å². The highest BCUT2D eigenvalue weighted by Crippen LogP contribution is 2.39. The molecule has 0 bridgehead atoms. The van der Waals surface area contributed by atoms with Crippen LogP contribution in [-0.2, 0) is 14.6 Å². The van der Waals surface area contributed by atoms with E-state index in [9.17, 15) is 18.3 Å². The Kier molecular flexibility index (Phi) is 4.69. The molecule has 0 spiro atoms. The standard InChI is InChI=1S/C15H27NO4S/c1-14(2)6-8-15(18,9-7-14)11-16-13(17)12-5-3-4-10-21(12,19)20/h12,18H,3-11H2,1-2H3,(H,16,17). The van der Waals surface area contributed by atoms with Gasteiger partial charge >= 0.3 is 0 Å². The van der Waals surface area contributed by atoms with Crippen molar-refractivity contribution in [1.82, 2.24) is 5.32 Å². The predicted molar refractivity (Wildman–Crippen MR) is 81.6 cm³/mol. The molecule has 1 unspecified atom stereocenters. The number of carbonyl (C=O) groups excluding carboxylic acids is 1. The van der Waals surface area contributed by atoms with E-state index < -0.39 is 26.6 Å². The van der Waals surface area contributed by atoms with E-state index in [1.807, 2.05) is 0 Å². The molecule has 1 amide bonds. The maximum absolute atomic E-state index is 12.1. The molecule has 0 aromatic carbocycles. The van der Waals surface area contributed by atoms with Gasteiger partial charge in [-0.15, -0.1) is 0 Å². The molecule has 122 valence electrons. The van der Waals surface area contributed by atoms with Crippen LogP contribution >= 0.6 is 0 Å². The highest BCUT2D eigenvalue weighted by atomic mass is 32.2. The smallest absolute Gasteiger partial charge is 0.238 e. The highest BCUT2D eigenvalue weighted by Gasteiger charge is 2.39. The molecule has 1 aliphatic heterocycles. The third-order valence-corrected chi connectivity index (χ3v) is 7.17. The van der Waals surface area contributed by atoms with E-state index in [2.05, 4.69) is 19.2 Å². The molecule has 1 saturated heterocycles. The molecule has 1 aliphatic carbocycles. The van der Waals surface area contributed by atoms with Crippen LogP contribution in [0.4, 0.5) is 0 Å². The first kappa shape index (κ1) is 16.7. The van der Waals surface area contributed by atoms with Gasteiger partial charge in [-0.2, -0.15) is 0 Å². The van der Waals surface area contributed by atoms with E-state index in [0.29, 0.717) is 25.7 Å². The molecule has 2 fully saturated rings. The van der Waals surface area contributed by atoms with Crippen LogP contribution < -0.4 is 5.32 Å². The van der Waals surface area contributed by atoms with Crippen LogP contribution in [-0.4, -0.2) is 42.6 Å². The average Bonchev–Trinajstić information content (AvgIpc) is 2.40. The normalized spacial score (nSPS) is 30.5. The number of carbonyl (C=O) groups is 1.